The predicted molar refractivity (Wildman–Crippen MR) is 88.3 cm³/mol. The third kappa shape index (κ3) is 7.05. The first kappa shape index (κ1) is 18.1. The van der Waals surface area contributed by atoms with Gasteiger partial charge in [0, 0.05) is 11.6 Å². The van der Waals surface area contributed by atoms with Crippen LogP contribution in [0.3, 0.4) is 0 Å². The minimum Gasteiger partial charge on any atom is -0.482 e. The third-order valence-corrected chi connectivity index (χ3v) is 3.91. The molecule has 0 aromatic heterocycles. The summed E-state index contributed by atoms with van der Waals surface area (Å²) in [4.78, 5) is 11.8. The van der Waals surface area contributed by atoms with Crippen LogP contribution in [-0.2, 0) is 4.79 Å². The number of unbranched alkanes of at least 4 members (excludes halogenated alkanes) is 1. The van der Waals surface area contributed by atoms with E-state index in [1.54, 1.807) is 18.2 Å². The van der Waals surface area contributed by atoms with E-state index in [0.29, 0.717) is 28.3 Å². The highest BCUT2D eigenvalue weighted by Crippen LogP contribution is 2.27. The predicted octanol–water partition coefficient (Wildman–Crippen LogP) is 4.70. The number of halogens is 2. The molecule has 1 rings (SSSR count). The summed E-state index contributed by atoms with van der Waals surface area (Å²) in [5.41, 5.74) is 0. The summed E-state index contributed by atoms with van der Waals surface area (Å²) in [5, 5.41) is 3.86. The van der Waals surface area contributed by atoms with Crippen molar-refractivity contribution in [3.05, 3.63) is 28.2 Å². The van der Waals surface area contributed by atoms with E-state index in [9.17, 15) is 4.79 Å². The summed E-state index contributed by atoms with van der Waals surface area (Å²) in [7, 11) is 0. The highest BCUT2D eigenvalue weighted by atomic mass is 35.5. The number of benzene rings is 1. The van der Waals surface area contributed by atoms with Crippen molar-refractivity contribution < 1.29 is 9.53 Å². The van der Waals surface area contributed by atoms with E-state index in [2.05, 4.69) is 19.2 Å². The van der Waals surface area contributed by atoms with Crippen LogP contribution in [0.5, 0.6) is 5.75 Å². The van der Waals surface area contributed by atoms with Crippen LogP contribution >= 0.6 is 23.2 Å². The minimum absolute atomic E-state index is 0.0361. The van der Waals surface area contributed by atoms with Crippen molar-refractivity contribution >= 4 is 29.1 Å². The Balaban J connectivity index is 2.33. The molecular formula is C16H23Cl2NO2. The highest BCUT2D eigenvalue weighted by molar-refractivity contribution is 6.35. The summed E-state index contributed by atoms with van der Waals surface area (Å²) < 4.78 is 5.40. The van der Waals surface area contributed by atoms with E-state index in [1.807, 2.05) is 0 Å². The van der Waals surface area contributed by atoms with Crippen LogP contribution in [0.15, 0.2) is 18.2 Å². The fourth-order valence-electron chi connectivity index (χ4n) is 1.99. The first-order chi connectivity index (χ1) is 10.1. The Labute approximate surface area is 137 Å². The van der Waals surface area contributed by atoms with E-state index in [-0.39, 0.29) is 12.5 Å². The van der Waals surface area contributed by atoms with Crippen molar-refractivity contribution in [1.82, 2.24) is 5.32 Å². The maximum absolute atomic E-state index is 11.8. The van der Waals surface area contributed by atoms with Crippen molar-refractivity contribution in [1.29, 1.82) is 0 Å². The van der Waals surface area contributed by atoms with Crippen LogP contribution in [0.1, 0.15) is 39.5 Å². The van der Waals surface area contributed by atoms with Gasteiger partial charge in [-0.15, -0.1) is 0 Å². The second kappa shape index (κ2) is 9.91. The Morgan fingerprint density at radius 3 is 2.71 bits per heavy atom. The molecule has 0 aliphatic rings. The molecule has 1 amide bonds. The molecule has 1 aromatic rings. The number of nitrogens with one attached hydrogen (secondary N) is 1. The summed E-state index contributed by atoms with van der Waals surface area (Å²) >= 11 is 11.8. The van der Waals surface area contributed by atoms with Gasteiger partial charge in [-0.3, -0.25) is 4.79 Å². The van der Waals surface area contributed by atoms with Crippen LogP contribution in [0.25, 0.3) is 0 Å². The molecular weight excluding hydrogens is 309 g/mol. The minimum atomic E-state index is -0.129. The molecule has 0 radical (unpaired) electrons. The molecule has 1 unspecified atom stereocenters. The average Bonchev–Trinajstić information content (AvgIpc) is 2.46. The van der Waals surface area contributed by atoms with E-state index in [0.717, 1.165) is 12.8 Å². The normalized spacial score (nSPS) is 12.0. The quantitative estimate of drug-likeness (QED) is 0.711. The lowest BCUT2D eigenvalue weighted by Crippen LogP contribution is -2.33. The molecule has 0 bridgehead atoms. The molecule has 21 heavy (non-hydrogen) atoms. The Morgan fingerprint density at radius 1 is 1.33 bits per heavy atom. The second-order valence-corrected chi connectivity index (χ2v) is 5.93. The van der Waals surface area contributed by atoms with E-state index < -0.39 is 0 Å². The Hall–Kier alpha value is -0.930. The van der Waals surface area contributed by atoms with Crippen molar-refractivity contribution in [3.63, 3.8) is 0 Å². The van der Waals surface area contributed by atoms with Crippen LogP contribution < -0.4 is 10.1 Å². The molecule has 1 aromatic carbocycles. The molecule has 0 heterocycles. The van der Waals surface area contributed by atoms with E-state index >= 15 is 0 Å². The van der Waals surface area contributed by atoms with Gasteiger partial charge in [0.25, 0.3) is 5.91 Å². The third-order valence-electron chi connectivity index (χ3n) is 3.38. The van der Waals surface area contributed by atoms with Gasteiger partial charge in [0.2, 0.25) is 0 Å². The van der Waals surface area contributed by atoms with Crippen molar-refractivity contribution in [3.8, 4) is 5.75 Å². The number of carbonyl (C=O) groups excluding carboxylic acids is 1. The number of hydrogen-bond acceptors (Lipinski definition) is 2. The highest BCUT2D eigenvalue weighted by Gasteiger charge is 2.10. The Morgan fingerprint density at radius 2 is 2.10 bits per heavy atom. The molecule has 0 fully saturated rings. The zero-order valence-electron chi connectivity index (χ0n) is 12.6. The van der Waals surface area contributed by atoms with Gasteiger partial charge in [0.1, 0.15) is 5.75 Å². The molecule has 0 aliphatic heterocycles. The van der Waals surface area contributed by atoms with E-state index in [4.69, 9.17) is 27.9 Å². The molecule has 3 nitrogen and oxygen atoms in total. The summed E-state index contributed by atoms with van der Waals surface area (Å²) in [6.45, 7) is 4.99. The molecule has 118 valence electrons. The standard InChI is InChI=1S/C16H23Cl2NO2/c1-3-5-6-12(4-2)10-19-16(20)11-21-15-8-7-13(17)9-14(15)18/h7-9,12H,3-6,10-11H2,1-2H3,(H,19,20). The second-order valence-electron chi connectivity index (χ2n) is 5.08. The van der Waals surface area contributed by atoms with Gasteiger partial charge in [0.15, 0.2) is 6.61 Å². The number of hydrogen-bond donors (Lipinski definition) is 1. The van der Waals surface area contributed by atoms with Crippen LogP contribution in [0.2, 0.25) is 10.0 Å². The SMILES string of the molecule is CCCCC(CC)CNC(=O)COc1ccc(Cl)cc1Cl. The molecule has 5 heteroatoms. The maximum atomic E-state index is 11.8. The van der Waals surface area contributed by atoms with Crippen LogP contribution in [-0.4, -0.2) is 19.1 Å². The topological polar surface area (TPSA) is 38.3 Å². The van der Waals surface area contributed by atoms with Gasteiger partial charge >= 0.3 is 0 Å². The average molecular weight is 332 g/mol. The first-order valence-electron chi connectivity index (χ1n) is 7.41. The molecule has 1 atom stereocenters. The lowest BCUT2D eigenvalue weighted by molar-refractivity contribution is -0.123. The lowest BCUT2D eigenvalue weighted by Gasteiger charge is -2.15. The fourth-order valence-corrected chi connectivity index (χ4v) is 2.45. The number of amides is 1. The van der Waals surface area contributed by atoms with Gasteiger partial charge < -0.3 is 10.1 Å². The molecule has 0 saturated carbocycles. The Kier molecular flexibility index (Phi) is 8.55. The Bertz CT molecular complexity index is 452. The van der Waals surface area contributed by atoms with Crippen LogP contribution in [0.4, 0.5) is 0 Å². The van der Waals surface area contributed by atoms with Crippen LogP contribution in [0, 0.1) is 5.92 Å². The van der Waals surface area contributed by atoms with Crippen molar-refractivity contribution in [2.75, 3.05) is 13.2 Å². The summed E-state index contributed by atoms with van der Waals surface area (Å²) in [6.07, 6.45) is 4.61. The van der Waals surface area contributed by atoms with E-state index in [1.165, 1.54) is 12.8 Å². The first-order valence-corrected chi connectivity index (χ1v) is 8.16. The smallest absolute Gasteiger partial charge is 0.257 e. The fraction of sp³-hybridized carbons (Fsp3) is 0.562. The molecule has 0 spiro atoms. The maximum Gasteiger partial charge on any atom is 0.257 e. The van der Waals surface area contributed by atoms with Gasteiger partial charge in [-0.2, -0.15) is 0 Å². The van der Waals surface area contributed by atoms with Gasteiger partial charge in [-0.05, 0) is 30.5 Å². The number of carbonyl (C=O) groups is 1. The van der Waals surface area contributed by atoms with Gasteiger partial charge in [0.05, 0.1) is 5.02 Å². The van der Waals surface area contributed by atoms with Crippen molar-refractivity contribution in [2.24, 2.45) is 5.92 Å². The molecule has 1 N–H and O–H groups in total. The van der Waals surface area contributed by atoms with Gasteiger partial charge in [-0.1, -0.05) is 56.3 Å². The van der Waals surface area contributed by atoms with Gasteiger partial charge in [-0.25, -0.2) is 0 Å². The monoisotopic (exact) mass is 331 g/mol. The zero-order chi connectivity index (χ0) is 15.7. The summed E-state index contributed by atoms with van der Waals surface area (Å²) in [6, 6.07) is 4.93. The number of rotatable bonds is 9. The number of ether oxygens (including phenoxy) is 1. The zero-order valence-corrected chi connectivity index (χ0v) is 14.1. The largest absolute Gasteiger partial charge is 0.482 e. The summed E-state index contributed by atoms with van der Waals surface area (Å²) in [5.74, 6) is 0.873. The molecule has 0 saturated heterocycles. The molecule has 0 aliphatic carbocycles. The lowest BCUT2D eigenvalue weighted by atomic mass is 9.99. The van der Waals surface area contributed by atoms with Crippen molar-refractivity contribution in [2.45, 2.75) is 39.5 Å².